The van der Waals surface area contributed by atoms with Gasteiger partial charge in [-0.05, 0) is 12.8 Å². The van der Waals surface area contributed by atoms with Crippen LogP contribution in [0.5, 0.6) is 0 Å². The fourth-order valence-electron chi connectivity index (χ4n) is 0.904. The minimum Gasteiger partial charge on any atom is -0.481 e. The quantitative estimate of drug-likeness (QED) is 0.462. The van der Waals surface area contributed by atoms with E-state index < -0.39 is 5.97 Å². The maximum Gasteiger partial charge on any atom is 0.303 e. The van der Waals surface area contributed by atoms with E-state index in [-0.39, 0.29) is 19.3 Å². The Bertz CT molecular complexity index is 156. The third kappa shape index (κ3) is 7.49. The molecule has 0 aliphatic rings. The normalized spacial score (nSPS) is 12.4. The van der Waals surface area contributed by atoms with Crippen molar-refractivity contribution < 1.29 is 19.4 Å². The Morgan fingerprint density at radius 3 is 2.85 bits per heavy atom. The van der Waals surface area contributed by atoms with E-state index in [0.717, 1.165) is 0 Å². The lowest BCUT2D eigenvalue weighted by atomic mass is 10.1. The van der Waals surface area contributed by atoms with Crippen molar-refractivity contribution in [1.82, 2.24) is 0 Å². The number of methoxy groups -OCH3 is 1. The van der Waals surface area contributed by atoms with Gasteiger partial charge in [-0.25, -0.2) is 0 Å². The first-order chi connectivity index (χ1) is 6.20. The van der Waals surface area contributed by atoms with Crippen molar-refractivity contribution in [3.05, 3.63) is 12.7 Å². The minimum absolute atomic E-state index is 0.103. The number of carbonyl (C=O) groups is 1. The first-order valence-electron chi connectivity index (χ1n) is 4.14. The predicted octanol–water partition coefficient (Wildman–Crippen LogP) is 1.42. The first kappa shape index (κ1) is 12.1. The highest BCUT2D eigenvalue weighted by molar-refractivity contribution is 5.66. The van der Waals surface area contributed by atoms with Gasteiger partial charge in [0.15, 0.2) is 0 Å². The van der Waals surface area contributed by atoms with E-state index in [1.54, 1.807) is 6.08 Å². The van der Waals surface area contributed by atoms with Crippen LogP contribution in [0, 0.1) is 0 Å². The lowest BCUT2D eigenvalue weighted by molar-refractivity contribution is -0.138. The molecule has 0 amide bonds. The Kier molecular flexibility index (Phi) is 7.24. The van der Waals surface area contributed by atoms with Crippen LogP contribution in [0.15, 0.2) is 12.7 Å². The maximum absolute atomic E-state index is 10.3. The van der Waals surface area contributed by atoms with Gasteiger partial charge in [-0.3, -0.25) is 4.79 Å². The highest BCUT2D eigenvalue weighted by Crippen LogP contribution is 2.07. The van der Waals surface area contributed by atoms with Crippen molar-refractivity contribution >= 4 is 5.97 Å². The van der Waals surface area contributed by atoms with Crippen LogP contribution in [-0.2, 0) is 14.3 Å². The van der Waals surface area contributed by atoms with Gasteiger partial charge in [0.25, 0.3) is 0 Å². The summed E-state index contributed by atoms with van der Waals surface area (Å²) in [6.45, 7) is 3.76. The van der Waals surface area contributed by atoms with Crippen LogP contribution in [0.25, 0.3) is 0 Å². The van der Waals surface area contributed by atoms with E-state index in [4.69, 9.17) is 14.6 Å². The number of rotatable bonds is 8. The number of carboxylic acid groups (broad SMARTS) is 1. The molecule has 13 heavy (non-hydrogen) atoms. The molecule has 1 atom stereocenters. The third-order valence-electron chi connectivity index (χ3n) is 1.53. The lowest BCUT2D eigenvalue weighted by Crippen LogP contribution is -2.15. The van der Waals surface area contributed by atoms with Crippen LogP contribution >= 0.6 is 0 Å². The standard InChI is InChI=1S/C9H16O4/c1-3-4-8(13-7-12-2)5-6-9(10)11/h3,8H,1,4-7H2,2H3,(H,10,11)/t8-/m1/s1. The third-order valence-corrected chi connectivity index (χ3v) is 1.53. The number of carboxylic acids is 1. The summed E-state index contributed by atoms with van der Waals surface area (Å²) < 4.78 is 9.95. The fourth-order valence-corrected chi connectivity index (χ4v) is 0.904. The van der Waals surface area contributed by atoms with Crippen LogP contribution in [0.4, 0.5) is 0 Å². The summed E-state index contributed by atoms with van der Waals surface area (Å²) in [5.74, 6) is -0.810. The van der Waals surface area contributed by atoms with E-state index in [9.17, 15) is 4.79 Å². The van der Waals surface area contributed by atoms with Gasteiger partial charge in [-0.15, -0.1) is 6.58 Å². The maximum atomic E-state index is 10.3. The number of hydrogen-bond acceptors (Lipinski definition) is 3. The molecule has 1 N–H and O–H groups in total. The summed E-state index contributed by atoms with van der Waals surface area (Å²) in [6, 6.07) is 0. The number of aliphatic carboxylic acids is 1. The molecular formula is C9H16O4. The molecule has 0 aromatic rings. The number of hydrogen-bond donors (Lipinski definition) is 1. The van der Waals surface area contributed by atoms with E-state index in [2.05, 4.69) is 6.58 Å². The zero-order chi connectivity index (χ0) is 10.1. The summed E-state index contributed by atoms with van der Waals surface area (Å²) >= 11 is 0. The predicted molar refractivity (Wildman–Crippen MR) is 48.4 cm³/mol. The van der Waals surface area contributed by atoms with Gasteiger partial charge in [-0.2, -0.15) is 0 Å². The molecule has 4 nitrogen and oxygen atoms in total. The molecule has 76 valence electrons. The first-order valence-corrected chi connectivity index (χ1v) is 4.14. The highest BCUT2D eigenvalue weighted by atomic mass is 16.7. The van der Waals surface area contributed by atoms with Crippen LogP contribution < -0.4 is 0 Å². The topological polar surface area (TPSA) is 55.8 Å². The summed E-state index contributed by atoms with van der Waals surface area (Å²) in [4.78, 5) is 10.3. The molecule has 0 radical (unpaired) electrons. The zero-order valence-corrected chi connectivity index (χ0v) is 7.86. The molecule has 0 aliphatic carbocycles. The van der Waals surface area contributed by atoms with Crippen molar-refractivity contribution in [1.29, 1.82) is 0 Å². The molecule has 0 saturated carbocycles. The zero-order valence-electron chi connectivity index (χ0n) is 7.86. The van der Waals surface area contributed by atoms with Crippen LogP contribution in [0.1, 0.15) is 19.3 Å². The van der Waals surface area contributed by atoms with E-state index >= 15 is 0 Å². The Morgan fingerprint density at radius 2 is 2.38 bits per heavy atom. The lowest BCUT2D eigenvalue weighted by Gasteiger charge is -2.14. The van der Waals surface area contributed by atoms with Crippen LogP contribution in [0.2, 0.25) is 0 Å². The van der Waals surface area contributed by atoms with Gasteiger partial charge >= 0.3 is 5.97 Å². The smallest absolute Gasteiger partial charge is 0.303 e. The summed E-state index contributed by atoms with van der Waals surface area (Å²) in [5.41, 5.74) is 0. The Labute approximate surface area is 78.2 Å². The molecule has 0 spiro atoms. The molecule has 0 unspecified atom stereocenters. The minimum atomic E-state index is -0.810. The summed E-state index contributed by atoms with van der Waals surface area (Å²) in [6.07, 6.45) is 2.86. The molecule has 0 saturated heterocycles. The molecular weight excluding hydrogens is 172 g/mol. The van der Waals surface area contributed by atoms with Crippen molar-refractivity contribution in [2.45, 2.75) is 25.4 Å². The molecule has 0 aromatic heterocycles. The molecule has 4 heteroatoms. The van der Waals surface area contributed by atoms with E-state index in [1.807, 2.05) is 0 Å². The van der Waals surface area contributed by atoms with Gasteiger partial charge < -0.3 is 14.6 Å². The molecule has 0 heterocycles. The van der Waals surface area contributed by atoms with Gasteiger partial charge in [0.2, 0.25) is 0 Å². The highest BCUT2D eigenvalue weighted by Gasteiger charge is 2.09. The largest absolute Gasteiger partial charge is 0.481 e. The average Bonchev–Trinajstić information content (AvgIpc) is 2.09. The van der Waals surface area contributed by atoms with Crippen LogP contribution in [-0.4, -0.2) is 31.1 Å². The van der Waals surface area contributed by atoms with E-state index in [0.29, 0.717) is 12.8 Å². The second kappa shape index (κ2) is 7.76. The molecule has 0 bridgehead atoms. The van der Waals surface area contributed by atoms with Crippen molar-refractivity contribution in [2.75, 3.05) is 13.9 Å². The fraction of sp³-hybridized carbons (Fsp3) is 0.667. The second-order valence-electron chi connectivity index (χ2n) is 2.65. The van der Waals surface area contributed by atoms with E-state index in [1.165, 1.54) is 7.11 Å². The Morgan fingerprint density at radius 1 is 1.69 bits per heavy atom. The SMILES string of the molecule is C=CC[C@H](CCC(=O)O)OCOC. The molecule has 0 aliphatic heterocycles. The average molecular weight is 188 g/mol. The Balaban J connectivity index is 3.65. The van der Waals surface area contributed by atoms with Gasteiger partial charge in [0.05, 0.1) is 6.10 Å². The molecule has 0 rings (SSSR count). The van der Waals surface area contributed by atoms with Crippen molar-refractivity contribution in [3.63, 3.8) is 0 Å². The van der Waals surface area contributed by atoms with Crippen LogP contribution in [0.3, 0.4) is 0 Å². The van der Waals surface area contributed by atoms with Gasteiger partial charge in [0.1, 0.15) is 6.79 Å². The second-order valence-corrected chi connectivity index (χ2v) is 2.65. The number of ether oxygens (including phenoxy) is 2. The Hall–Kier alpha value is -0.870. The van der Waals surface area contributed by atoms with Crippen molar-refractivity contribution in [3.8, 4) is 0 Å². The van der Waals surface area contributed by atoms with Crippen molar-refractivity contribution in [2.24, 2.45) is 0 Å². The molecule has 0 aromatic carbocycles. The van der Waals surface area contributed by atoms with Gasteiger partial charge in [-0.1, -0.05) is 6.08 Å². The molecule has 0 fully saturated rings. The summed E-state index contributed by atoms with van der Waals surface area (Å²) in [7, 11) is 1.53. The van der Waals surface area contributed by atoms with Gasteiger partial charge in [0, 0.05) is 13.5 Å². The summed E-state index contributed by atoms with van der Waals surface area (Å²) in [5, 5.41) is 8.44. The monoisotopic (exact) mass is 188 g/mol.